The fourth-order valence-corrected chi connectivity index (χ4v) is 2.88. The van der Waals surface area contributed by atoms with Gasteiger partial charge in [-0.2, -0.15) is 0 Å². The third-order valence-electron chi connectivity index (χ3n) is 4.00. The van der Waals surface area contributed by atoms with E-state index in [1.54, 1.807) is 0 Å². The summed E-state index contributed by atoms with van der Waals surface area (Å²) in [5, 5.41) is 0.216. The minimum absolute atomic E-state index is 0.0192. The van der Waals surface area contributed by atoms with Crippen molar-refractivity contribution in [3.8, 4) is 34.3 Å². The zero-order valence-electron chi connectivity index (χ0n) is 17.1. The summed E-state index contributed by atoms with van der Waals surface area (Å²) in [7, 11) is 1.31. The highest BCUT2D eigenvalue weighted by Gasteiger charge is 2.20. The number of carbonyl (C=O) groups excluding carboxylic acids is 3. The second-order valence-corrected chi connectivity index (χ2v) is 6.39. The van der Waals surface area contributed by atoms with E-state index < -0.39 is 23.3 Å². The first-order chi connectivity index (χ1) is 14.7. The van der Waals surface area contributed by atoms with Gasteiger partial charge in [0.05, 0.1) is 12.5 Å². The summed E-state index contributed by atoms with van der Waals surface area (Å²) in [5.41, 5.74) is 0.0183. The lowest BCUT2D eigenvalue weighted by atomic mass is 10.1. The maximum absolute atomic E-state index is 12.9. The van der Waals surface area contributed by atoms with Crippen molar-refractivity contribution in [2.24, 2.45) is 0 Å². The molecule has 0 N–H and O–H groups in total. The molecule has 0 aliphatic carbocycles. The van der Waals surface area contributed by atoms with Crippen LogP contribution in [0.15, 0.2) is 45.6 Å². The van der Waals surface area contributed by atoms with Crippen LogP contribution >= 0.6 is 0 Å². The molecule has 0 atom stereocenters. The summed E-state index contributed by atoms with van der Waals surface area (Å²) >= 11 is 0. The summed E-state index contributed by atoms with van der Waals surface area (Å²) in [6.07, 6.45) is 0. The molecule has 160 valence electrons. The smallest absolute Gasteiger partial charge is 0.308 e. The average Bonchev–Trinajstić information content (AvgIpc) is 2.68. The monoisotopic (exact) mass is 426 g/mol. The van der Waals surface area contributed by atoms with Gasteiger partial charge < -0.3 is 23.4 Å². The molecular formula is C22H18O9. The van der Waals surface area contributed by atoms with Crippen molar-refractivity contribution in [2.45, 2.75) is 20.8 Å². The number of methoxy groups -OCH3 is 1. The van der Waals surface area contributed by atoms with Crippen LogP contribution in [0, 0.1) is 0 Å². The summed E-state index contributed by atoms with van der Waals surface area (Å²) in [4.78, 5) is 46.9. The van der Waals surface area contributed by atoms with Crippen LogP contribution in [0.1, 0.15) is 20.8 Å². The Morgan fingerprint density at radius 3 is 2.06 bits per heavy atom. The fraction of sp³-hybridized carbons (Fsp3) is 0.182. The van der Waals surface area contributed by atoms with E-state index in [-0.39, 0.29) is 39.7 Å². The second-order valence-electron chi connectivity index (χ2n) is 6.39. The molecule has 0 amide bonds. The van der Waals surface area contributed by atoms with Crippen molar-refractivity contribution < 1.29 is 37.7 Å². The zero-order valence-corrected chi connectivity index (χ0v) is 17.1. The average molecular weight is 426 g/mol. The lowest BCUT2D eigenvalue weighted by molar-refractivity contribution is -0.134. The van der Waals surface area contributed by atoms with Crippen molar-refractivity contribution in [1.29, 1.82) is 0 Å². The van der Waals surface area contributed by atoms with E-state index >= 15 is 0 Å². The lowest BCUT2D eigenvalue weighted by Gasteiger charge is -2.13. The molecule has 0 saturated carbocycles. The third-order valence-corrected chi connectivity index (χ3v) is 4.00. The molecule has 9 nitrogen and oxygen atoms in total. The second kappa shape index (κ2) is 8.70. The van der Waals surface area contributed by atoms with Crippen LogP contribution in [0.4, 0.5) is 0 Å². The Morgan fingerprint density at radius 2 is 1.45 bits per heavy atom. The van der Waals surface area contributed by atoms with Gasteiger partial charge in [0.1, 0.15) is 11.3 Å². The molecule has 0 unspecified atom stereocenters. The minimum atomic E-state index is -0.636. The van der Waals surface area contributed by atoms with Crippen LogP contribution in [0.25, 0.3) is 22.3 Å². The minimum Gasteiger partial charge on any atom is -0.490 e. The molecule has 1 heterocycles. The van der Waals surface area contributed by atoms with Crippen molar-refractivity contribution in [2.75, 3.05) is 7.11 Å². The lowest BCUT2D eigenvalue weighted by Crippen LogP contribution is -2.09. The predicted molar refractivity (Wildman–Crippen MR) is 108 cm³/mol. The Morgan fingerprint density at radius 1 is 0.806 bits per heavy atom. The highest BCUT2D eigenvalue weighted by Crippen LogP contribution is 2.37. The molecule has 0 radical (unpaired) electrons. The first-order valence-corrected chi connectivity index (χ1v) is 9.04. The number of rotatable bonds is 5. The Balaban J connectivity index is 2.22. The molecule has 3 aromatic rings. The number of benzene rings is 2. The van der Waals surface area contributed by atoms with Gasteiger partial charge in [-0.1, -0.05) is 0 Å². The molecule has 0 spiro atoms. The van der Waals surface area contributed by atoms with Crippen molar-refractivity contribution in [3.05, 3.63) is 46.6 Å². The van der Waals surface area contributed by atoms with Crippen LogP contribution in [-0.4, -0.2) is 25.0 Å². The Kier molecular flexibility index (Phi) is 6.05. The van der Waals surface area contributed by atoms with Gasteiger partial charge in [0, 0.05) is 32.4 Å². The van der Waals surface area contributed by atoms with Gasteiger partial charge >= 0.3 is 17.9 Å². The van der Waals surface area contributed by atoms with Crippen molar-refractivity contribution in [3.63, 3.8) is 0 Å². The highest BCUT2D eigenvalue weighted by atomic mass is 16.6. The van der Waals surface area contributed by atoms with E-state index in [1.165, 1.54) is 64.3 Å². The number of hydrogen-bond acceptors (Lipinski definition) is 9. The summed E-state index contributed by atoms with van der Waals surface area (Å²) in [5.74, 6) is -1.63. The van der Waals surface area contributed by atoms with E-state index in [9.17, 15) is 19.2 Å². The number of esters is 3. The normalized spacial score (nSPS) is 10.5. The summed E-state index contributed by atoms with van der Waals surface area (Å²) in [6, 6.07) is 8.61. The number of fused-ring (bicyclic) bond motifs is 1. The number of carbonyl (C=O) groups is 3. The number of ether oxygens (including phenoxy) is 4. The quantitative estimate of drug-likeness (QED) is 0.447. The van der Waals surface area contributed by atoms with E-state index in [1.807, 2.05) is 0 Å². The first kappa shape index (κ1) is 21.6. The molecular weight excluding hydrogens is 408 g/mol. The maximum atomic E-state index is 12.9. The van der Waals surface area contributed by atoms with Crippen molar-refractivity contribution in [1.82, 2.24) is 0 Å². The third kappa shape index (κ3) is 4.72. The van der Waals surface area contributed by atoms with Crippen molar-refractivity contribution >= 4 is 28.9 Å². The van der Waals surface area contributed by atoms with Crippen LogP contribution in [-0.2, 0) is 14.4 Å². The molecule has 2 aromatic carbocycles. The first-order valence-electron chi connectivity index (χ1n) is 9.04. The van der Waals surface area contributed by atoms with Crippen LogP contribution in [0.2, 0.25) is 0 Å². The van der Waals surface area contributed by atoms with Gasteiger partial charge in [0.2, 0.25) is 11.2 Å². The highest BCUT2D eigenvalue weighted by molar-refractivity contribution is 5.84. The molecule has 0 aliphatic heterocycles. The molecule has 1 aromatic heterocycles. The topological polar surface area (TPSA) is 118 Å². The van der Waals surface area contributed by atoms with E-state index in [4.69, 9.17) is 23.4 Å². The van der Waals surface area contributed by atoms with Gasteiger partial charge in [-0.15, -0.1) is 0 Å². The molecule has 0 saturated heterocycles. The molecule has 0 bridgehead atoms. The molecule has 0 fully saturated rings. The predicted octanol–water partition coefficient (Wildman–Crippen LogP) is 3.24. The Labute approximate surface area is 176 Å². The fourth-order valence-electron chi connectivity index (χ4n) is 2.88. The standard InChI is InChI=1S/C22H18O9/c1-11(23)28-15-6-7-16-18(10-15)31-21(22(27-4)20(16)26)14-5-8-17(29-12(2)24)19(9-14)30-13(3)25/h5-10H,1-4H3. The van der Waals surface area contributed by atoms with Gasteiger partial charge in [-0.3, -0.25) is 19.2 Å². The molecule has 9 heteroatoms. The molecule has 3 rings (SSSR count). The largest absolute Gasteiger partial charge is 0.490 e. The van der Waals surface area contributed by atoms with Crippen LogP contribution in [0.3, 0.4) is 0 Å². The molecule has 0 aliphatic rings. The Hall–Kier alpha value is -4.14. The van der Waals surface area contributed by atoms with Gasteiger partial charge in [-0.25, -0.2) is 0 Å². The summed E-state index contributed by atoms with van der Waals surface area (Å²) < 4.78 is 26.4. The van der Waals surface area contributed by atoms with E-state index in [2.05, 4.69) is 0 Å². The van der Waals surface area contributed by atoms with Gasteiger partial charge in [0.25, 0.3) is 0 Å². The SMILES string of the molecule is COc1c(-c2ccc(OC(C)=O)c(OC(C)=O)c2)oc2cc(OC(C)=O)ccc2c1=O. The maximum Gasteiger partial charge on any atom is 0.308 e. The Bertz CT molecular complexity index is 1250. The molecule has 31 heavy (non-hydrogen) atoms. The van der Waals surface area contributed by atoms with E-state index in [0.29, 0.717) is 5.56 Å². The summed E-state index contributed by atoms with van der Waals surface area (Å²) in [6.45, 7) is 3.65. The van der Waals surface area contributed by atoms with Crippen LogP contribution in [0.5, 0.6) is 23.0 Å². The van der Waals surface area contributed by atoms with Crippen LogP contribution < -0.4 is 24.4 Å². The number of hydrogen-bond donors (Lipinski definition) is 0. The zero-order chi connectivity index (χ0) is 22.7. The van der Waals surface area contributed by atoms with Gasteiger partial charge in [-0.05, 0) is 30.3 Å². The van der Waals surface area contributed by atoms with Gasteiger partial charge in [0.15, 0.2) is 17.3 Å². The van der Waals surface area contributed by atoms with E-state index in [0.717, 1.165) is 0 Å².